The molecule has 0 saturated heterocycles. The van der Waals surface area contributed by atoms with Gasteiger partial charge in [-0.3, -0.25) is 20.2 Å². The van der Waals surface area contributed by atoms with Crippen LogP contribution in [0.4, 0.5) is 22.7 Å². The smallest absolute Gasteiger partial charge is 0.292 e. The first-order chi connectivity index (χ1) is 8.43. The van der Waals surface area contributed by atoms with Crippen LogP contribution in [-0.4, -0.2) is 9.85 Å². The third kappa shape index (κ3) is 1.56. The van der Waals surface area contributed by atoms with E-state index in [1.165, 1.54) is 24.3 Å². The molecule has 2 rings (SSSR count). The number of hydrogen-bond acceptors (Lipinski definition) is 6. The maximum absolute atomic E-state index is 10.7. The standard InChI is InChI=1S/C10H8N4O4/c11-9-5-1-3-7(13(15)16)10(12)6(5)2-4-8(9)14(17)18/h1-4H,11-12H2. The van der Waals surface area contributed by atoms with Crippen molar-refractivity contribution in [2.45, 2.75) is 0 Å². The zero-order valence-corrected chi connectivity index (χ0v) is 8.99. The van der Waals surface area contributed by atoms with Gasteiger partial charge in [-0.1, -0.05) is 0 Å². The number of hydrogen-bond donors (Lipinski definition) is 2. The number of nitro groups is 2. The molecule has 0 aliphatic carbocycles. The second-order valence-corrected chi connectivity index (χ2v) is 3.61. The lowest BCUT2D eigenvalue weighted by Crippen LogP contribution is -2.00. The van der Waals surface area contributed by atoms with E-state index in [-0.39, 0.29) is 22.7 Å². The molecule has 0 unspecified atom stereocenters. The molecule has 2 aromatic carbocycles. The van der Waals surface area contributed by atoms with Gasteiger partial charge in [0.25, 0.3) is 11.4 Å². The highest BCUT2D eigenvalue weighted by atomic mass is 16.6. The summed E-state index contributed by atoms with van der Waals surface area (Å²) in [6, 6.07) is 5.06. The molecule has 0 aliphatic rings. The van der Waals surface area contributed by atoms with Crippen molar-refractivity contribution in [3.05, 3.63) is 44.5 Å². The van der Waals surface area contributed by atoms with Crippen LogP contribution >= 0.6 is 0 Å². The van der Waals surface area contributed by atoms with Crippen LogP contribution in [0, 0.1) is 20.2 Å². The van der Waals surface area contributed by atoms with Crippen molar-refractivity contribution in [1.29, 1.82) is 0 Å². The number of nitro benzene ring substituents is 2. The van der Waals surface area contributed by atoms with Gasteiger partial charge in [-0.05, 0) is 12.1 Å². The SMILES string of the molecule is Nc1c([N+](=O)[O-])ccc2c(N)c([N+](=O)[O-])ccc12. The van der Waals surface area contributed by atoms with Crippen molar-refractivity contribution in [1.82, 2.24) is 0 Å². The van der Waals surface area contributed by atoms with Gasteiger partial charge in [0.15, 0.2) is 0 Å². The van der Waals surface area contributed by atoms with E-state index in [1.54, 1.807) is 0 Å². The largest absolute Gasteiger partial charge is 0.393 e. The molecule has 4 N–H and O–H groups in total. The first-order valence-electron chi connectivity index (χ1n) is 4.83. The third-order valence-electron chi connectivity index (χ3n) is 2.63. The Balaban J connectivity index is 2.83. The summed E-state index contributed by atoms with van der Waals surface area (Å²) < 4.78 is 0. The Hall–Kier alpha value is -2.90. The van der Waals surface area contributed by atoms with Gasteiger partial charge in [0.05, 0.1) is 9.85 Å². The van der Waals surface area contributed by atoms with E-state index in [2.05, 4.69) is 0 Å². The van der Waals surface area contributed by atoms with Crippen LogP contribution in [0.5, 0.6) is 0 Å². The Morgan fingerprint density at radius 3 is 1.39 bits per heavy atom. The number of anilines is 2. The minimum absolute atomic E-state index is 0.0564. The van der Waals surface area contributed by atoms with Crippen molar-refractivity contribution < 1.29 is 9.85 Å². The molecule has 8 nitrogen and oxygen atoms in total. The number of rotatable bonds is 2. The molecule has 8 heteroatoms. The molecule has 0 fully saturated rings. The number of fused-ring (bicyclic) bond motifs is 1. The topological polar surface area (TPSA) is 138 Å². The minimum atomic E-state index is -0.619. The molecule has 0 amide bonds. The molecule has 0 saturated carbocycles. The molecule has 92 valence electrons. The molecular weight excluding hydrogens is 240 g/mol. The zero-order chi connectivity index (χ0) is 13.4. The maximum Gasteiger partial charge on any atom is 0.292 e. The lowest BCUT2D eigenvalue weighted by molar-refractivity contribution is -0.384. The Labute approximate surface area is 100 Å². The summed E-state index contributed by atoms with van der Waals surface area (Å²) in [4.78, 5) is 20.2. The van der Waals surface area contributed by atoms with Crippen molar-refractivity contribution in [3.63, 3.8) is 0 Å². The molecule has 0 heterocycles. The molecule has 18 heavy (non-hydrogen) atoms. The maximum atomic E-state index is 10.7. The monoisotopic (exact) mass is 248 g/mol. The van der Waals surface area contributed by atoms with Crippen LogP contribution in [-0.2, 0) is 0 Å². The number of nitrogens with zero attached hydrogens (tertiary/aromatic N) is 2. The normalized spacial score (nSPS) is 10.4. The minimum Gasteiger partial charge on any atom is -0.393 e. The van der Waals surface area contributed by atoms with Gasteiger partial charge >= 0.3 is 0 Å². The summed E-state index contributed by atoms with van der Waals surface area (Å²) in [5.41, 5.74) is 10.7. The second kappa shape index (κ2) is 3.84. The molecular formula is C10H8N4O4. The van der Waals surface area contributed by atoms with Crippen LogP contribution in [0.1, 0.15) is 0 Å². The van der Waals surface area contributed by atoms with E-state index in [1.807, 2.05) is 0 Å². The van der Waals surface area contributed by atoms with Crippen LogP contribution in [0.25, 0.3) is 10.8 Å². The molecule has 2 aromatic rings. The van der Waals surface area contributed by atoms with Gasteiger partial charge < -0.3 is 11.5 Å². The zero-order valence-electron chi connectivity index (χ0n) is 8.99. The molecule has 0 atom stereocenters. The molecule has 0 radical (unpaired) electrons. The van der Waals surface area contributed by atoms with Crippen molar-refractivity contribution in [2.75, 3.05) is 11.5 Å². The Morgan fingerprint density at radius 2 is 1.11 bits per heavy atom. The number of nitrogen functional groups attached to an aromatic ring is 2. The average Bonchev–Trinajstić information content (AvgIpc) is 2.29. The van der Waals surface area contributed by atoms with E-state index in [0.717, 1.165) is 0 Å². The summed E-state index contributed by atoms with van der Waals surface area (Å²) >= 11 is 0. The Kier molecular flexibility index (Phi) is 2.47. The van der Waals surface area contributed by atoms with E-state index in [4.69, 9.17) is 11.5 Å². The number of benzene rings is 2. The Bertz CT molecular complexity index is 624. The van der Waals surface area contributed by atoms with Crippen LogP contribution < -0.4 is 11.5 Å². The van der Waals surface area contributed by atoms with Crippen LogP contribution in [0.3, 0.4) is 0 Å². The first kappa shape index (κ1) is 11.6. The molecule has 0 aromatic heterocycles. The molecule has 0 spiro atoms. The third-order valence-corrected chi connectivity index (χ3v) is 2.63. The van der Waals surface area contributed by atoms with Gasteiger partial charge in [-0.15, -0.1) is 0 Å². The van der Waals surface area contributed by atoms with Crippen LogP contribution in [0.15, 0.2) is 24.3 Å². The summed E-state index contributed by atoms with van der Waals surface area (Å²) in [6.07, 6.45) is 0. The fourth-order valence-electron chi connectivity index (χ4n) is 1.75. The highest BCUT2D eigenvalue weighted by Gasteiger charge is 2.19. The average molecular weight is 248 g/mol. The van der Waals surface area contributed by atoms with Crippen molar-refractivity contribution >= 4 is 33.5 Å². The fraction of sp³-hybridized carbons (Fsp3) is 0. The predicted molar refractivity (Wildman–Crippen MR) is 66.1 cm³/mol. The summed E-state index contributed by atoms with van der Waals surface area (Å²) in [6.45, 7) is 0. The highest BCUT2D eigenvalue weighted by Crippen LogP contribution is 2.37. The second-order valence-electron chi connectivity index (χ2n) is 3.61. The van der Waals surface area contributed by atoms with E-state index >= 15 is 0 Å². The van der Waals surface area contributed by atoms with Crippen molar-refractivity contribution in [3.8, 4) is 0 Å². The van der Waals surface area contributed by atoms with Gasteiger partial charge in [-0.25, -0.2) is 0 Å². The van der Waals surface area contributed by atoms with E-state index in [9.17, 15) is 20.2 Å². The van der Waals surface area contributed by atoms with Gasteiger partial charge in [0.1, 0.15) is 11.4 Å². The number of nitrogens with two attached hydrogens (primary N) is 2. The summed E-state index contributed by atoms with van der Waals surface area (Å²) in [5.74, 6) is 0. The first-order valence-corrected chi connectivity index (χ1v) is 4.83. The van der Waals surface area contributed by atoms with Gasteiger partial charge in [0.2, 0.25) is 0 Å². The lowest BCUT2D eigenvalue weighted by Gasteiger charge is -2.06. The van der Waals surface area contributed by atoms with Gasteiger partial charge in [0, 0.05) is 22.9 Å². The van der Waals surface area contributed by atoms with E-state index < -0.39 is 9.85 Å². The van der Waals surface area contributed by atoms with Gasteiger partial charge in [-0.2, -0.15) is 0 Å². The lowest BCUT2D eigenvalue weighted by atomic mass is 10.0. The highest BCUT2D eigenvalue weighted by molar-refractivity contribution is 6.05. The quantitative estimate of drug-likeness (QED) is 0.472. The molecule has 0 bridgehead atoms. The summed E-state index contributed by atoms with van der Waals surface area (Å²) in [7, 11) is 0. The van der Waals surface area contributed by atoms with E-state index in [0.29, 0.717) is 10.8 Å². The van der Waals surface area contributed by atoms with Crippen LogP contribution in [0.2, 0.25) is 0 Å². The predicted octanol–water partition coefficient (Wildman–Crippen LogP) is 1.82. The Morgan fingerprint density at radius 1 is 0.778 bits per heavy atom. The van der Waals surface area contributed by atoms with Crippen molar-refractivity contribution in [2.24, 2.45) is 0 Å². The fourth-order valence-corrected chi connectivity index (χ4v) is 1.75. The molecule has 0 aliphatic heterocycles. The summed E-state index contributed by atoms with van der Waals surface area (Å²) in [5, 5.41) is 22.1.